The zero-order valence-corrected chi connectivity index (χ0v) is 14.4. The predicted molar refractivity (Wildman–Crippen MR) is 97.3 cm³/mol. The molecule has 0 amide bonds. The van der Waals surface area contributed by atoms with Crippen LogP contribution in [0.2, 0.25) is 0 Å². The maximum absolute atomic E-state index is 10.4. The molecular weight excluding hydrogens is 362 g/mol. The molecule has 0 aliphatic carbocycles. The maximum atomic E-state index is 10.4. The first-order chi connectivity index (χ1) is 13.7. The number of nitrogen functional groups attached to an aromatic ring is 1. The van der Waals surface area contributed by atoms with Gasteiger partial charge in [-0.2, -0.15) is 0 Å². The van der Waals surface area contributed by atoms with Crippen LogP contribution in [0.25, 0.3) is 17.2 Å². The summed E-state index contributed by atoms with van der Waals surface area (Å²) >= 11 is 0. The van der Waals surface area contributed by atoms with Crippen LogP contribution in [0.3, 0.4) is 0 Å². The Hall–Kier alpha value is -4.03. The van der Waals surface area contributed by atoms with Crippen LogP contribution in [-0.2, 0) is 0 Å². The summed E-state index contributed by atoms with van der Waals surface area (Å²) in [4.78, 5) is 8.54. The quantitative estimate of drug-likeness (QED) is 0.509. The van der Waals surface area contributed by atoms with E-state index in [4.69, 9.17) is 19.6 Å². The van der Waals surface area contributed by atoms with Crippen LogP contribution in [0.5, 0.6) is 11.5 Å². The molecular formula is C19H13N5O4. The molecule has 0 radical (unpaired) electrons. The molecule has 9 heteroatoms. The molecule has 0 fully saturated rings. The minimum absolute atomic E-state index is 0.117. The molecule has 3 aromatic heterocycles. The highest BCUT2D eigenvalue weighted by atomic mass is 16.7. The number of rotatable bonds is 2. The second-order valence-electron chi connectivity index (χ2n) is 5.95. The molecule has 4 aromatic rings. The monoisotopic (exact) mass is 375 g/mol. The van der Waals surface area contributed by atoms with Gasteiger partial charge in [-0.15, -0.1) is 5.10 Å². The standard InChI is InChI=1S/C19H13N5O4/c20-17-19-22-18(15-5-2-8-26-15)23-24(19)9-11(21-17)6-7-13(25)12-3-1-4-14-16(12)28-10-27-14/h1-5,8-9,13,25H,10H2,(H2,20,21). The van der Waals surface area contributed by atoms with E-state index < -0.39 is 6.10 Å². The molecule has 3 N–H and O–H groups in total. The fourth-order valence-corrected chi connectivity index (χ4v) is 2.87. The molecule has 0 saturated carbocycles. The van der Waals surface area contributed by atoms with E-state index in [1.165, 1.54) is 10.8 Å². The lowest BCUT2D eigenvalue weighted by Crippen LogP contribution is -2.01. The summed E-state index contributed by atoms with van der Waals surface area (Å²) in [6, 6.07) is 8.76. The minimum Gasteiger partial charge on any atom is -0.461 e. The number of hydrogen-bond acceptors (Lipinski definition) is 8. The third kappa shape index (κ3) is 2.69. The van der Waals surface area contributed by atoms with Gasteiger partial charge in [0, 0.05) is 5.56 Å². The molecule has 5 rings (SSSR count). The third-order valence-electron chi connectivity index (χ3n) is 4.15. The van der Waals surface area contributed by atoms with Crippen LogP contribution in [-0.4, -0.2) is 31.5 Å². The summed E-state index contributed by atoms with van der Waals surface area (Å²) < 4.78 is 17.5. The van der Waals surface area contributed by atoms with Crippen molar-refractivity contribution in [3.8, 4) is 34.9 Å². The number of nitrogens with zero attached hydrogens (tertiary/aromatic N) is 4. The summed E-state index contributed by atoms with van der Waals surface area (Å²) in [6.07, 6.45) is 2.04. The van der Waals surface area contributed by atoms with Crippen molar-refractivity contribution in [1.82, 2.24) is 19.6 Å². The van der Waals surface area contributed by atoms with Gasteiger partial charge in [0.1, 0.15) is 11.8 Å². The Bertz CT molecular complexity index is 1240. The number of benzene rings is 1. The van der Waals surface area contributed by atoms with Gasteiger partial charge in [-0.1, -0.05) is 18.1 Å². The van der Waals surface area contributed by atoms with E-state index in [2.05, 4.69) is 26.9 Å². The van der Waals surface area contributed by atoms with Crippen LogP contribution in [0.1, 0.15) is 17.4 Å². The van der Waals surface area contributed by atoms with Gasteiger partial charge in [-0.05, 0) is 24.1 Å². The number of para-hydroxylation sites is 1. The first kappa shape index (κ1) is 16.2. The van der Waals surface area contributed by atoms with Crippen molar-refractivity contribution in [2.24, 2.45) is 0 Å². The van der Waals surface area contributed by atoms with E-state index in [0.717, 1.165) is 0 Å². The number of aromatic nitrogens is 4. The van der Waals surface area contributed by atoms with Crippen LogP contribution >= 0.6 is 0 Å². The Morgan fingerprint density at radius 2 is 2.11 bits per heavy atom. The molecule has 28 heavy (non-hydrogen) atoms. The molecule has 1 aliphatic rings. The van der Waals surface area contributed by atoms with Crippen molar-refractivity contribution in [2.45, 2.75) is 6.10 Å². The highest BCUT2D eigenvalue weighted by Crippen LogP contribution is 2.38. The lowest BCUT2D eigenvalue weighted by molar-refractivity contribution is 0.169. The Kier molecular flexibility index (Phi) is 3.63. The normalized spacial score (nSPS) is 13.3. The van der Waals surface area contributed by atoms with Crippen LogP contribution in [0.15, 0.2) is 47.2 Å². The third-order valence-corrected chi connectivity index (χ3v) is 4.15. The van der Waals surface area contributed by atoms with E-state index in [0.29, 0.717) is 40.0 Å². The molecule has 1 aliphatic heterocycles. The molecule has 0 bridgehead atoms. The van der Waals surface area contributed by atoms with E-state index in [1.807, 2.05) is 0 Å². The minimum atomic E-state index is -1.08. The zero-order chi connectivity index (χ0) is 19.1. The first-order valence-corrected chi connectivity index (χ1v) is 8.34. The average molecular weight is 375 g/mol. The second-order valence-corrected chi connectivity index (χ2v) is 5.95. The van der Waals surface area contributed by atoms with Crippen molar-refractivity contribution in [3.05, 3.63) is 54.0 Å². The average Bonchev–Trinajstić information content (AvgIpc) is 3.45. The van der Waals surface area contributed by atoms with Gasteiger partial charge in [-0.3, -0.25) is 0 Å². The molecule has 1 aromatic carbocycles. The van der Waals surface area contributed by atoms with Gasteiger partial charge < -0.3 is 24.7 Å². The number of ether oxygens (including phenoxy) is 2. The number of furan rings is 1. The van der Waals surface area contributed by atoms with Crippen LogP contribution in [0.4, 0.5) is 5.82 Å². The molecule has 0 saturated heterocycles. The number of anilines is 1. The summed E-state index contributed by atoms with van der Waals surface area (Å²) in [5.74, 6) is 7.71. The molecule has 138 valence electrons. The number of fused-ring (bicyclic) bond motifs is 2. The number of hydrogen-bond donors (Lipinski definition) is 2. The predicted octanol–water partition coefficient (Wildman–Crippen LogP) is 1.78. The van der Waals surface area contributed by atoms with Gasteiger partial charge in [0.15, 0.2) is 28.7 Å². The Morgan fingerprint density at radius 3 is 2.96 bits per heavy atom. The van der Waals surface area contributed by atoms with E-state index in [9.17, 15) is 5.11 Å². The van der Waals surface area contributed by atoms with Gasteiger partial charge in [-0.25, -0.2) is 14.5 Å². The van der Waals surface area contributed by atoms with Crippen molar-refractivity contribution in [1.29, 1.82) is 0 Å². The summed E-state index contributed by atoms with van der Waals surface area (Å²) in [5, 5.41) is 14.8. The second kappa shape index (κ2) is 6.29. The SMILES string of the molecule is Nc1nc(C#CC(O)c2cccc3c2OCO3)cn2nc(-c3ccco3)nc12. The lowest BCUT2D eigenvalue weighted by atomic mass is 10.1. The summed E-state index contributed by atoms with van der Waals surface area (Å²) in [7, 11) is 0. The lowest BCUT2D eigenvalue weighted by Gasteiger charge is -2.07. The summed E-state index contributed by atoms with van der Waals surface area (Å²) in [6.45, 7) is 0.117. The van der Waals surface area contributed by atoms with Crippen molar-refractivity contribution >= 4 is 11.5 Å². The van der Waals surface area contributed by atoms with E-state index in [1.54, 1.807) is 36.5 Å². The molecule has 1 atom stereocenters. The van der Waals surface area contributed by atoms with Crippen LogP contribution < -0.4 is 15.2 Å². The number of nitrogens with two attached hydrogens (primary N) is 1. The fourth-order valence-electron chi connectivity index (χ4n) is 2.87. The number of aliphatic hydroxyl groups excluding tert-OH is 1. The van der Waals surface area contributed by atoms with Gasteiger partial charge in [0.25, 0.3) is 0 Å². The Labute approximate surface area is 158 Å². The highest BCUT2D eigenvalue weighted by Gasteiger charge is 2.21. The first-order valence-electron chi connectivity index (χ1n) is 8.34. The van der Waals surface area contributed by atoms with Crippen molar-refractivity contribution in [2.75, 3.05) is 12.5 Å². The molecule has 4 heterocycles. The zero-order valence-electron chi connectivity index (χ0n) is 14.4. The van der Waals surface area contributed by atoms with E-state index in [-0.39, 0.29) is 12.6 Å². The molecule has 1 unspecified atom stereocenters. The number of aliphatic hydroxyl groups is 1. The fraction of sp³-hybridized carbons (Fsp3) is 0.105. The van der Waals surface area contributed by atoms with Gasteiger partial charge in [0.05, 0.1) is 12.5 Å². The highest BCUT2D eigenvalue weighted by molar-refractivity contribution is 5.64. The Balaban J connectivity index is 1.48. The van der Waals surface area contributed by atoms with E-state index >= 15 is 0 Å². The van der Waals surface area contributed by atoms with Gasteiger partial charge in [0.2, 0.25) is 12.6 Å². The van der Waals surface area contributed by atoms with Crippen LogP contribution in [0, 0.1) is 11.8 Å². The van der Waals surface area contributed by atoms with Gasteiger partial charge >= 0.3 is 0 Å². The van der Waals surface area contributed by atoms with Crippen molar-refractivity contribution < 1.29 is 19.0 Å². The maximum Gasteiger partial charge on any atom is 0.231 e. The topological polar surface area (TPSA) is 121 Å². The molecule has 9 nitrogen and oxygen atoms in total. The smallest absolute Gasteiger partial charge is 0.231 e. The van der Waals surface area contributed by atoms with Crippen molar-refractivity contribution in [3.63, 3.8) is 0 Å². The largest absolute Gasteiger partial charge is 0.461 e. The summed E-state index contributed by atoms with van der Waals surface area (Å²) in [5.41, 5.74) is 7.24. The molecule has 0 spiro atoms. The Morgan fingerprint density at radius 1 is 1.18 bits per heavy atom.